The third-order valence-corrected chi connectivity index (χ3v) is 9.64. The van der Waals surface area contributed by atoms with Crippen molar-refractivity contribution in [3.8, 4) is 17.2 Å². The van der Waals surface area contributed by atoms with E-state index in [1.807, 2.05) is 42.6 Å². The third kappa shape index (κ3) is 4.50. The van der Waals surface area contributed by atoms with Crippen LogP contribution in [0.2, 0.25) is 0 Å². The summed E-state index contributed by atoms with van der Waals surface area (Å²) in [4.78, 5) is 42.9. The Morgan fingerprint density at radius 2 is 2.04 bits per heavy atom. The lowest BCUT2D eigenvalue weighted by atomic mass is 9.74. The Kier molecular flexibility index (Phi) is 7.37. The van der Waals surface area contributed by atoms with Crippen molar-refractivity contribution in [3.05, 3.63) is 81.8 Å². The molecule has 4 atom stereocenters. The number of allylic oxidation sites excluding steroid dienone is 3. The van der Waals surface area contributed by atoms with E-state index in [4.69, 9.17) is 18.9 Å². The van der Waals surface area contributed by atoms with Gasteiger partial charge in [0, 0.05) is 41.1 Å². The Bertz CT molecular complexity index is 1890. The van der Waals surface area contributed by atoms with Crippen molar-refractivity contribution >= 4 is 34.5 Å². The number of aromatic nitrogens is 1. The highest BCUT2D eigenvalue weighted by molar-refractivity contribution is 6.11. The number of benzene rings is 2. The van der Waals surface area contributed by atoms with Crippen LogP contribution in [-0.2, 0) is 25.7 Å². The number of aliphatic hydroxyl groups is 2. The van der Waals surface area contributed by atoms with E-state index in [1.165, 1.54) is 7.11 Å². The zero-order valence-electron chi connectivity index (χ0n) is 25.8. The molecule has 1 aromatic heterocycles. The molecule has 1 fully saturated rings. The van der Waals surface area contributed by atoms with E-state index in [-0.39, 0.29) is 41.5 Å². The first-order valence-electron chi connectivity index (χ1n) is 15.5. The first-order valence-corrected chi connectivity index (χ1v) is 15.5. The number of ether oxygens (including phenoxy) is 4. The molecule has 46 heavy (non-hydrogen) atoms. The van der Waals surface area contributed by atoms with Gasteiger partial charge in [-0.1, -0.05) is 23.8 Å². The summed E-state index contributed by atoms with van der Waals surface area (Å²) in [6, 6.07) is 7.83. The Labute approximate surface area is 265 Å². The maximum Gasteiger partial charge on any atom is 0.375 e. The molecule has 0 bridgehead atoms. The summed E-state index contributed by atoms with van der Waals surface area (Å²) in [6.07, 6.45) is 6.83. The number of H-pyrrole nitrogens is 1. The first-order chi connectivity index (χ1) is 22.2. The van der Waals surface area contributed by atoms with E-state index in [9.17, 15) is 24.6 Å². The van der Waals surface area contributed by atoms with Crippen LogP contribution in [0, 0.1) is 0 Å². The van der Waals surface area contributed by atoms with Crippen LogP contribution in [0.1, 0.15) is 73.6 Å². The van der Waals surface area contributed by atoms with Crippen LogP contribution >= 0.6 is 0 Å². The van der Waals surface area contributed by atoms with Gasteiger partial charge in [-0.2, -0.15) is 0 Å². The van der Waals surface area contributed by atoms with Gasteiger partial charge in [0.15, 0.2) is 6.29 Å². The van der Waals surface area contributed by atoms with Crippen molar-refractivity contribution in [1.29, 1.82) is 0 Å². The number of aromatic amines is 1. The van der Waals surface area contributed by atoms with Gasteiger partial charge in [-0.25, -0.2) is 4.79 Å². The fraction of sp³-hybridized carbons (Fsp3) is 0.361. The van der Waals surface area contributed by atoms with Gasteiger partial charge in [0.25, 0.3) is 0 Å². The van der Waals surface area contributed by atoms with Crippen LogP contribution in [-0.4, -0.2) is 58.7 Å². The largest absolute Gasteiger partial charge is 0.496 e. The molecule has 2 aliphatic carbocycles. The van der Waals surface area contributed by atoms with Crippen LogP contribution in [0.5, 0.6) is 17.2 Å². The molecule has 0 spiro atoms. The minimum atomic E-state index is -1.21. The van der Waals surface area contributed by atoms with E-state index < -0.39 is 36.1 Å². The lowest BCUT2D eigenvalue weighted by Crippen LogP contribution is -2.45. The molecule has 7 rings (SSSR count). The monoisotopic (exact) mass is 625 g/mol. The smallest absolute Gasteiger partial charge is 0.375 e. The van der Waals surface area contributed by atoms with Gasteiger partial charge in [-0.05, 0) is 62.3 Å². The Balaban J connectivity index is 1.49. The number of carbonyl (C=O) groups is 3. The standard InChI is InChI=1S/C36H35NO9/c1-4-44-35(41)32-23(16-38)27(20-8-10-26(40)22(15-20)18-7-9-25-19(14-18)11-13-37-25)29-31(45-32)24(17-39)30-28(33(29)43-3)21-6-5-12-36(2,42)34(21)46-30/h5-7,9,11,13-14,16,21-22,34,37,39,42H,4,8,10,12,15,17H2,1-3H3/b27-20+/t21-,22-,34-,36+/m0/s1. The Hall–Kier alpha value is -4.67. The molecule has 3 aromatic rings. The number of rotatable bonds is 6. The number of hydrogen-bond donors (Lipinski definition) is 3. The molecule has 3 N–H and O–H groups in total. The predicted molar refractivity (Wildman–Crippen MR) is 168 cm³/mol. The van der Waals surface area contributed by atoms with Crippen molar-refractivity contribution in [3.63, 3.8) is 0 Å². The number of fused-ring (bicyclic) bond motifs is 5. The van der Waals surface area contributed by atoms with E-state index in [0.717, 1.165) is 22.0 Å². The van der Waals surface area contributed by atoms with Crippen molar-refractivity contribution < 1.29 is 43.5 Å². The fourth-order valence-corrected chi connectivity index (χ4v) is 7.49. The molecule has 2 aliphatic heterocycles. The molecule has 0 saturated heterocycles. The van der Waals surface area contributed by atoms with E-state index in [1.54, 1.807) is 13.8 Å². The van der Waals surface area contributed by atoms with Crippen LogP contribution in [0.15, 0.2) is 59.5 Å². The number of methoxy groups -OCH3 is 1. The number of ketones is 1. The van der Waals surface area contributed by atoms with E-state index in [0.29, 0.717) is 53.7 Å². The average molecular weight is 626 g/mol. The molecule has 2 aromatic carbocycles. The minimum Gasteiger partial charge on any atom is -0.496 e. The topological polar surface area (TPSA) is 144 Å². The van der Waals surface area contributed by atoms with Crippen LogP contribution in [0.4, 0.5) is 0 Å². The van der Waals surface area contributed by atoms with Gasteiger partial charge in [0.05, 0.1) is 37.0 Å². The zero-order chi connectivity index (χ0) is 32.3. The van der Waals surface area contributed by atoms with Crippen LogP contribution in [0.3, 0.4) is 0 Å². The maximum absolute atomic E-state index is 13.4. The van der Waals surface area contributed by atoms with Gasteiger partial charge in [0.2, 0.25) is 5.76 Å². The van der Waals surface area contributed by atoms with Crippen molar-refractivity contribution in [2.45, 2.75) is 69.7 Å². The molecule has 10 nitrogen and oxygen atoms in total. The normalized spacial score (nSPS) is 26.6. The van der Waals surface area contributed by atoms with Crippen molar-refractivity contribution in [2.24, 2.45) is 0 Å². The van der Waals surface area contributed by atoms with Gasteiger partial charge in [0.1, 0.15) is 34.7 Å². The molecular weight excluding hydrogens is 590 g/mol. The van der Waals surface area contributed by atoms with Crippen molar-refractivity contribution in [2.75, 3.05) is 13.7 Å². The summed E-state index contributed by atoms with van der Waals surface area (Å²) in [5.74, 6) is -1.20. The molecule has 3 heterocycles. The summed E-state index contributed by atoms with van der Waals surface area (Å²) >= 11 is 0. The molecule has 4 aliphatic rings. The number of carbonyl (C=O) groups excluding carboxylic acids is 3. The van der Waals surface area contributed by atoms with Crippen LogP contribution < -0.4 is 14.2 Å². The van der Waals surface area contributed by atoms with Gasteiger partial charge < -0.3 is 34.1 Å². The summed E-state index contributed by atoms with van der Waals surface area (Å²) in [6.45, 7) is 2.87. The summed E-state index contributed by atoms with van der Waals surface area (Å²) in [5, 5.41) is 23.0. The molecule has 0 radical (unpaired) electrons. The minimum absolute atomic E-state index is 0.0149. The number of aliphatic hydroxyl groups excluding tert-OH is 1. The average Bonchev–Trinajstić information content (AvgIpc) is 3.68. The van der Waals surface area contributed by atoms with Crippen molar-refractivity contribution in [1.82, 2.24) is 4.98 Å². The number of nitrogens with one attached hydrogen (secondary N) is 1. The quantitative estimate of drug-likeness (QED) is 0.197. The Morgan fingerprint density at radius 3 is 2.78 bits per heavy atom. The Morgan fingerprint density at radius 1 is 1.22 bits per heavy atom. The number of Topliss-reactive ketones (excluding diaryl/α,β-unsaturated/α-hetero) is 1. The fourth-order valence-electron chi connectivity index (χ4n) is 7.49. The highest BCUT2D eigenvalue weighted by Crippen LogP contribution is 2.60. The molecule has 238 valence electrons. The molecular formula is C36H35NO9. The van der Waals surface area contributed by atoms with Gasteiger partial charge in [-0.3, -0.25) is 9.59 Å². The second kappa shape index (κ2) is 11.3. The highest BCUT2D eigenvalue weighted by atomic mass is 16.6. The van der Waals surface area contributed by atoms with E-state index in [2.05, 4.69) is 4.98 Å². The van der Waals surface area contributed by atoms with Crippen LogP contribution in [0.25, 0.3) is 16.5 Å². The first kappa shape index (κ1) is 30.0. The predicted octanol–water partition coefficient (Wildman–Crippen LogP) is 4.92. The number of aldehydes is 1. The zero-order valence-corrected chi connectivity index (χ0v) is 25.8. The maximum atomic E-state index is 13.4. The summed E-state index contributed by atoms with van der Waals surface area (Å²) < 4.78 is 24.0. The lowest BCUT2D eigenvalue weighted by molar-refractivity contribution is -0.141. The van der Waals surface area contributed by atoms with E-state index >= 15 is 0 Å². The molecule has 10 heteroatoms. The second-order valence-electron chi connectivity index (χ2n) is 12.4. The molecule has 1 saturated carbocycles. The van der Waals surface area contributed by atoms with Gasteiger partial charge in [-0.15, -0.1) is 0 Å². The lowest BCUT2D eigenvalue weighted by Gasteiger charge is -2.34. The highest BCUT2D eigenvalue weighted by Gasteiger charge is 2.51. The number of hydrogen-bond acceptors (Lipinski definition) is 9. The molecule has 0 unspecified atom stereocenters. The summed E-state index contributed by atoms with van der Waals surface area (Å²) in [7, 11) is 1.50. The summed E-state index contributed by atoms with van der Waals surface area (Å²) in [5.41, 5.74) is 3.05. The molecule has 0 amide bonds. The number of esters is 1. The third-order valence-electron chi connectivity index (χ3n) is 9.64. The van der Waals surface area contributed by atoms with Gasteiger partial charge >= 0.3 is 5.97 Å². The SMILES string of the molecule is CCOC(=O)C1=C(C=O)/C(=C2/CCC(=O)[C@H](c3ccc4[nH]ccc4c3)C2)c2c(c(CO)c3c(c2OC)[C@@H]2C=CC[C@@](C)(O)[C@H]2O3)O1. The second-order valence-corrected chi connectivity index (χ2v) is 12.4.